The Hall–Kier alpha value is -2.04. The lowest BCUT2D eigenvalue weighted by Crippen LogP contribution is -2.44. The highest BCUT2D eigenvalue weighted by atomic mass is 16.4. The lowest BCUT2D eigenvalue weighted by Gasteiger charge is -2.19. The molecule has 1 aliphatic heterocycles. The van der Waals surface area contributed by atoms with Gasteiger partial charge in [-0.15, -0.1) is 0 Å². The maximum absolute atomic E-state index is 12.0. The van der Waals surface area contributed by atoms with Gasteiger partial charge in [-0.1, -0.05) is 32.0 Å². The van der Waals surface area contributed by atoms with E-state index in [0.717, 1.165) is 11.3 Å². The Morgan fingerprint density at radius 3 is 2.75 bits per heavy atom. The quantitative estimate of drug-likeness (QED) is 0.766. The molecule has 5 heteroatoms. The van der Waals surface area contributed by atoms with Gasteiger partial charge in [-0.25, -0.2) is 4.79 Å². The molecule has 1 amide bonds. The average molecular weight is 276 g/mol. The second-order valence-corrected chi connectivity index (χ2v) is 5.50. The van der Waals surface area contributed by atoms with Crippen molar-refractivity contribution < 1.29 is 14.7 Å². The number of hydrogen-bond acceptors (Lipinski definition) is 3. The molecule has 20 heavy (non-hydrogen) atoms. The van der Waals surface area contributed by atoms with Crippen molar-refractivity contribution in [3.05, 3.63) is 29.8 Å². The third kappa shape index (κ3) is 3.10. The molecule has 0 saturated heterocycles. The maximum Gasteiger partial charge on any atom is 0.326 e. The van der Waals surface area contributed by atoms with E-state index in [0.29, 0.717) is 13.0 Å². The van der Waals surface area contributed by atoms with Gasteiger partial charge in [-0.05, 0) is 17.5 Å². The minimum atomic E-state index is -0.988. The number of carbonyl (C=O) groups excluding carboxylic acids is 1. The highest BCUT2D eigenvalue weighted by Gasteiger charge is 2.27. The van der Waals surface area contributed by atoms with Crippen LogP contribution in [-0.2, 0) is 9.59 Å². The van der Waals surface area contributed by atoms with Crippen LogP contribution in [0, 0.1) is 5.92 Å². The summed E-state index contributed by atoms with van der Waals surface area (Å²) in [5.41, 5.74) is 2.18. The lowest BCUT2D eigenvalue weighted by atomic mass is 9.97. The number of fused-ring (bicyclic) bond motifs is 1. The molecule has 0 radical (unpaired) electrons. The van der Waals surface area contributed by atoms with Crippen LogP contribution in [0.4, 0.5) is 5.69 Å². The first-order valence-electron chi connectivity index (χ1n) is 6.84. The van der Waals surface area contributed by atoms with Gasteiger partial charge in [0.15, 0.2) is 0 Å². The second kappa shape index (κ2) is 5.94. The number of carbonyl (C=O) groups is 2. The van der Waals surface area contributed by atoms with E-state index >= 15 is 0 Å². The molecule has 1 heterocycles. The highest BCUT2D eigenvalue weighted by molar-refractivity contribution is 5.84. The molecule has 2 unspecified atom stereocenters. The monoisotopic (exact) mass is 276 g/mol. The number of rotatable bonds is 5. The summed E-state index contributed by atoms with van der Waals surface area (Å²) in [5, 5.41) is 14.9. The van der Waals surface area contributed by atoms with Gasteiger partial charge >= 0.3 is 5.97 Å². The van der Waals surface area contributed by atoms with E-state index in [1.165, 1.54) is 0 Å². The Morgan fingerprint density at radius 2 is 2.10 bits per heavy atom. The fraction of sp³-hybridized carbons (Fsp3) is 0.467. The fourth-order valence-corrected chi connectivity index (χ4v) is 2.51. The fourth-order valence-electron chi connectivity index (χ4n) is 2.51. The standard InChI is InChI=1S/C15H20N2O3/c1-9(2)14(15(19)20)17-13(18)7-10-8-16-12-6-4-3-5-11(10)12/h3-6,9-10,14,16H,7-8H2,1-2H3,(H,17,18)(H,19,20). The van der Waals surface area contributed by atoms with Crippen LogP contribution < -0.4 is 10.6 Å². The minimum absolute atomic E-state index is 0.104. The van der Waals surface area contributed by atoms with E-state index in [9.17, 15) is 9.59 Å². The van der Waals surface area contributed by atoms with Crippen molar-refractivity contribution in [1.82, 2.24) is 5.32 Å². The first-order valence-corrected chi connectivity index (χ1v) is 6.84. The van der Waals surface area contributed by atoms with E-state index in [4.69, 9.17) is 5.11 Å². The smallest absolute Gasteiger partial charge is 0.326 e. The summed E-state index contributed by atoms with van der Waals surface area (Å²) < 4.78 is 0. The summed E-state index contributed by atoms with van der Waals surface area (Å²) in [6, 6.07) is 7.07. The molecule has 2 rings (SSSR count). The summed E-state index contributed by atoms with van der Waals surface area (Å²) in [5.74, 6) is -1.23. The van der Waals surface area contributed by atoms with Crippen molar-refractivity contribution in [1.29, 1.82) is 0 Å². The molecule has 5 nitrogen and oxygen atoms in total. The molecule has 3 N–H and O–H groups in total. The largest absolute Gasteiger partial charge is 0.480 e. The van der Waals surface area contributed by atoms with E-state index in [1.54, 1.807) is 13.8 Å². The third-order valence-electron chi connectivity index (χ3n) is 3.62. The molecule has 0 aliphatic carbocycles. The van der Waals surface area contributed by atoms with Crippen LogP contribution in [0.5, 0.6) is 0 Å². The lowest BCUT2D eigenvalue weighted by molar-refractivity contribution is -0.143. The van der Waals surface area contributed by atoms with Crippen LogP contribution in [0.1, 0.15) is 31.7 Å². The molecule has 0 fully saturated rings. The molecular formula is C15H20N2O3. The van der Waals surface area contributed by atoms with Crippen LogP contribution in [0.25, 0.3) is 0 Å². The van der Waals surface area contributed by atoms with Crippen LogP contribution >= 0.6 is 0 Å². The van der Waals surface area contributed by atoms with Crippen LogP contribution in [-0.4, -0.2) is 29.6 Å². The van der Waals surface area contributed by atoms with Gasteiger partial charge < -0.3 is 15.7 Å². The predicted octanol–water partition coefficient (Wildman–Crippen LogP) is 1.81. The van der Waals surface area contributed by atoms with Crippen molar-refractivity contribution in [3.8, 4) is 0 Å². The molecule has 1 aromatic carbocycles. The zero-order valence-corrected chi connectivity index (χ0v) is 11.7. The Bertz CT molecular complexity index is 514. The van der Waals surface area contributed by atoms with Crippen LogP contribution in [0.3, 0.4) is 0 Å². The average Bonchev–Trinajstić information content (AvgIpc) is 2.79. The van der Waals surface area contributed by atoms with Gasteiger partial charge in [0.1, 0.15) is 6.04 Å². The second-order valence-electron chi connectivity index (χ2n) is 5.50. The molecule has 0 saturated carbocycles. The molecule has 2 atom stereocenters. The first kappa shape index (κ1) is 14.4. The highest BCUT2D eigenvalue weighted by Crippen LogP contribution is 2.33. The normalized spacial score (nSPS) is 18.2. The van der Waals surface area contributed by atoms with Crippen LogP contribution in [0.2, 0.25) is 0 Å². The van der Waals surface area contributed by atoms with E-state index < -0.39 is 12.0 Å². The topological polar surface area (TPSA) is 78.4 Å². The Morgan fingerprint density at radius 1 is 1.40 bits per heavy atom. The van der Waals surface area contributed by atoms with Gasteiger partial charge in [0.2, 0.25) is 5.91 Å². The summed E-state index contributed by atoms with van der Waals surface area (Å²) in [4.78, 5) is 23.1. The van der Waals surface area contributed by atoms with Gasteiger partial charge in [-0.3, -0.25) is 4.79 Å². The molecule has 0 spiro atoms. The van der Waals surface area contributed by atoms with Crippen molar-refractivity contribution in [3.63, 3.8) is 0 Å². The molecule has 1 aliphatic rings. The number of carboxylic acids is 1. The molecule has 1 aromatic rings. The zero-order valence-electron chi connectivity index (χ0n) is 11.7. The SMILES string of the molecule is CC(C)C(NC(=O)CC1CNc2ccccc21)C(=O)O. The van der Waals surface area contributed by atoms with E-state index in [-0.39, 0.29) is 17.7 Å². The number of hydrogen-bond donors (Lipinski definition) is 3. The molecule has 0 aromatic heterocycles. The van der Waals surface area contributed by atoms with Gasteiger partial charge in [0.25, 0.3) is 0 Å². The Kier molecular flexibility index (Phi) is 4.27. The van der Waals surface area contributed by atoms with Crippen molar-refractivity contribution in [2.75, 3.05) is 11.9 Å². The summed E-state index contributed by atoms with van der Waals surface area (Å²) in [6.07, 6.45) is 0.306. The van der Waals surface area contributed by atoms with Gasteiger partial charge in [0.05, 0.1) is 0 Å². The van der Waals surface area contributed by atoms with Crippen molar-refractivity contribution in [2.24, 2.45) is 5.92 Å². The molecule has 108 valence electrons. The molecule has 0 bridgehead atoms. The summed E-state index contributed by atoms with van der Waals surface area (Å²) in [6.45, 7) is 4.28. The number of benzene rings is 1. The number of amides is 1. The maximum atomic E-state index is 12.0. The third-order valence-corrected chi connectivity index (χ3v) is 3.62. The zero-order chi connectivity index (χ0) is 14.7. The van der Waals surface area contributed by atoms with E-state index in [1.807, 2.05) is 24.3 Å². The van der Waals surface area contributed by atoms with E-state index in [2.05, 4.69) is 10.6 Å². The minimum Gasteiger partial charge on any atom is -0.480 e. The number of carboxylic acid groups (broad SMARTS) is 1. The summed E-state index contributed by atoms with van der Waals surface area (Å²) in [7, 11) is 0. The predicted molar refractivity (Wildman–Crippen MR) is 76.7 cm³/mol. The van der Waals surface area contributed by atoms with Crippen molar-refractivity contribution in [2.45, 2.75) is 32.2 Å². The van der Waals surface area contributed by atoms with Crippen molar-refractivity contribution >= 4 is 17.6 Å². The first-order chi connectivity index (χ1) is 9.49. The molecular weight excluding hydrogens is 256 g/mol. The Balaban J connectivity index is 1.98. The number of nitrogens with one attached hydrogen (secondary N) is 2. The Labute approximate surface area is 118 Å². The number of aliphatic carboxylic acids is 1. The number of para-hydroxylation sites is 1. The van der Waals surface area contributed by atoms with Crippen LogP contribution in [0.15, 0.2) is 24.3 Å². The number of anilines is 1. The van der Waals surface area contributed by atoms with Gasteiger partial charge in [0, 0.05) is 24.6 Å². The van der Waals surface area contributed by atoms with Gasteiger partial charge in [-0.2, -0.15) is 0 Å². The summed E-state index contributed by atoms with van der Waals surface area (Å²) >= 11 is 0.